The highest BCUT2D eigenvalue weighted by Gasteiger charge is 2.50. The van der Waals surface area contributed by atoms with Crippen LogP contribution in [0.5, 0.6) is 0 Å². The summed E-state index contributed by atoms with van der Waals surface area (Å²) in [6.07, 6.45) is 27.2. The minimum Gasteiger partial charge on any atom is -0.301 e. The summed E-state index contributed by atoms with van der Waals surface area (Å²) in [7, 11) is 0. The van der Waals surface area contributed by atoms with Gasteiger partial charge in [0.05, 0.1) is 34.7 Å². The van der Waals surface area contributed by atoms with Gasteiger partial charge in [-0.05, 0) is 146 Å². The Morgan fingerprint density at radius 3 is 0.922 bits per heavy atom. The lowest BCUT2D eigenvalue weighted by atomic mass is 10.1. The third kappa shape index (κ3) is 11.5. The number of rotatable bonds is 7. The Morgan fingerprint density at radius 2 is 0.543 bits per heavy atom. The van der Waals surface area contributed by atoms with Crippen LogP contribution in [0.25, 0.3) is 0 Å². The average molecular weight is 1520 g/mol. The maximum absolute atomic E-state index is 5.08. The zero-order chi connectivity index (χ0) is 77.5. The largest absolute Gasteiger partial charge is 0.301 e. The normalized spacial score (nSPS) is 17.8. The molecule has 8 aromatic heterocycles. The van der Waals surface area contributed by atoms with Crippen LogP contribution in [0.1, 0.15) is 64.4 Å². The summed E-state index contributed by atoms with van der Waals surface area (Å²) in [5, 5.41) is 0. The van der Waals surface area contributed by atoms with Crippen LogP contribution in [-0.4, -0.2) is 95.6 Å². The fourth-order valence-electron chi connectivity index (χ4n) is 18.2. The van der Waals surface area contributed by atoms with Crippen molar-refractivity contribution in [3.8, 4) is 0 Å². The van der Waals surface area contributed by atoms with Gasteiger partial charge in [0, 0.05) is 140 Å². The second-order valence-corrected chi connectivity index (χ2v) is 29.7. The SMILES string of the molecule is CCc1nc2c(nc1CC)N1c3ccccc3CC1N2c1ccccc1.Cc1nc2c(nc1C)N1c3ccccc3CC1N2c1ccccc1.c1ccc(N2c3nccnc3N3c4ccccc4CC23)nc1.c1ccc2c(c1)CC1N(c3ccncc3)c3nccnc3N21.c1cncc(N2c3nccnc3N3c4ccccc4CC23)c1. The maximum atomic E-state index is 5.08. The molecule has 10 aliphatic heterocycles. The van der Waals surface area contributed by atoms with Crippen molar-refractivity contribution in [2.75, 3.05) is 49.0 Å². The number of hydrogen-bond donors (Lipinski definition) is 0. The lowest BCUT2D eigenvalue weighted by molar-refractivity contribution is 0.716. The van der Waals surface area contributed by atoms with Crippen molar-refractivity contribution in [2.24, 2.45) is 0 Å². The number of para-hydroxylation sites is 7. The minimum atomic E-state index is 0.157. The minimum absolute atomic E-state index is 0.157. The summed E-state index contributed by atoms with van der Waals surface area (Å²) < 4.78 is 0. The van der Waals surface area contributed by atoms with Gasteiger partial charge in [0.2, 0.25) is 0 Å². The molecule has 0 fully saturated rings. The zero-order valence-electron chi connectivity index (χ0n) is 64.3. The third-order valence-electron chi connectivity index (χ3n) is 23.3. The summed E-state index contributed by atoms with van der Waals surface area (Å²) >= 11 is 0. The molecule has 0 aliphatic carbocycles. The average Bonchev–Trinajstić information content (AvgIpc) is 1.61. The van der Waals surface area contributed by atoms with Gasteiger partial charge in [0.25, 0.3) is 0 Å². The number of aryl methyl sites for hydroxylation is 4. The molecule has 0 N–H and O–H groups in total. The zero-order valence-corrected chi connectivity index (χ0v) is 64.3. The summed E-state index contributed by atoms with van der Waals surface area (Å²) in [4.78, 5) is 83.2. The Hall–Kier alpha value is -14.6. The molecule has 18 heterocycles. The number of pyridine rings is 3. The number of hydrogen-bond acceptors (Lipinski definition) is 23. The van der Waals surface area contributed by atoms with Crippen LogP contribution in [0.15, 0.2) is 293 Å². The van der Waals surface area contributed by atoms with E-state index in [-0.39, 0.29) is 30.8 Å². The molecule has 0 bridgehead atoms. The molecule has 0 spiro atoms. The summed E-state index contributed by atoms with van der Waals surface area (Å²) in [5.74, 6) is 10.3. The molecule has 566 valence electrons. The van der Waals surface area contributed by atoms with Crippen LogP contribution in [0.4, 0.5) is 115 Å². The molecule has 7 aromatic carbocycles. The fourth-order valence-corrected chi connectivity index (χ4v) is 18.2. The molecule has 0 saturated heterocycles. The molecule has 0 radical (unpaired) electrons. The van der Waals surface area contributed by atoms with Gasteiger partial charge in [-0.15, -0.1) is 0 Å². The summed E-state index contributed by atoms with van der Waals surface area (Å²) in [6, 6.07) is 77.9. The lowest BCUT2D eigenvalue weighted by Gasteiger charge is -2.26. The number of fused-ring (bicyclic) bond motifs is 25. The lowest BCUT2D eigenvalue weighted by Crippen LogP contribution is -2.36. The van der Waals surface area contributed by atoms with Crippen molar-refractivity contribution >= 4 is 115 Å². The van der Waals surface area contributed by atoms with Gasteiger partial charge in [-0.2, -0.15) is 0 Å². The fraction of sp³-hybridized carbons (Fsp3) is 0.172. The molecule has 15 aromatic rings. The Morgan fingerprint density at radius 1 is 0.241 bits per heavy atom. The first-order valence-corrected chi connectivity index (χ1v) is 39.7. The number of aromatic nitrogens is 13. The van der Waals surface area contributed by atoms with Crippen molar-refractivity contribution < 1.29 is 0 Å². The van der Waals surface area contributed by atoms with Gasteiger partial charge < -0.3 is 39.2 Å². The molecule has 10 aliphatic rings. The standard InChI is InChI=1S/C22H22N4.C20H18N4.3C17H13N5/c1-3-17-18(4-2)24-22-21(23-17)25(16-11-6-5-7-12-16)20-14-15-10-8-9-13-19(15)26(20)22;1-13-14(2)22-20-19(21-13)23(16-9-4-3-5-10-16)18-12-15-8-6-7-11-17(15)24(18)20;1-2-6-13-12(5-1)11-15-21(13)16-17(20-10-9-19-16)22(15)14-7-3-4-8-18-14;1-2-6-14-12(4-1)10-15-21(13-5-3-7-18-11-13)16-17(22(14)15)20-9-8-19-16;1-2-4-14-12(3-1)11-15-21(13-5-7-18-8-6-13)16-17(22(14)15)20-10-9-19-16/h5-13,20H,3-4,14H2,1-2H3;3-11,18H,12H2,1-2H3;1-10,15H,11H2;1-9,11,15H,10H2;1-10,15H,11H2. The van der Waals surface area contributed by atoms with Crippen LogP contribution in [0.3, 0.4) is 0 Å². The first-order chi connectivity index (χ1) is 57.3. The maximum Gasteiger partial charge on any atom is 0.179 e. The highest BCUT2D eigenvalue weighted by molar-refractivity contribution is 5.92. The monoisotopic (exact) mass is 1520 g/mol. The van der Waals surface area contributed by atoms with Crippen molar-refractivity contribution in [2.45, 2.75) is 103 Å². The predicted octanol–water partition coefficient (Wildman–Crippen LogP) is 18.2. The van der Waals surface area contributed by atoms with Crippen LogP contribution in [0.2, 0.25) is 0 Å². The first-order valence-electron chi connectivity index (χ1n) is 39.7. The Kier molecular flexibility index (Phi) is 17.2. The van der Waals surface area contributed by atoms with Gasteiger partial charge in [0.1, 0.15) is 36.6 Å². The van der Waals surface area contributed by atoms with E-state index in [1.807, 2.05) is 81.1 Å². The van der Waals surface area contributed by atoms with Crippen LogP contribution < -0.4 is 49.0 Å². The molecule has 0 amide bonds. The van der Waals surface area contributed by atoms with Gasteiger partial charge in [-0.3, -0.25) is 19.8 Å². The molecule has 25 rings (SSSR count). The molecular weight excluding hydrogens is 1440 g/mol. The van der Waals surface area contributed by atoms with Crippen molar-refractivity contribution in [3.63, 3.8) is 0 Å². The second-order valence-electron chi connectivity index (χ2n) is 29.7. The van der Waals surface area contributed by atoms with E-state index in [2.05, 4.69) is 290 Å². The highest BCUT2D eigenvalue weighted by atomic mass is 15.5. The van der Waals surface area contributed by atoms with E-state index in [0.717, 1.165) is 149 Å². The Bertz CT molecular complexity index is 5760. The second kappa shape index (κ2) is 28.9. The quantitative estimate of drug-likeness (QED) is 0.146. The summed E-state index contributed by atoms with van der Waals surface area (Å²) in [5.41, 5.74) is 21.6. The predicted molar refractivity (Wildman–Crippen MR) is 455 cm³/mol. The number of anilines is 20. The van der Waals surface area contributed by atoms with Crippen molar-refractivity contribution in [1.82, 2.24) is 64.8 Å². The van der Waals surface area contributed by atoms with E-state index in [1.54, 1.807) is 43.4 Å². The summed E-state index contributed by atoms with van der Waals surface area (Å²) in [6.45, 7) is 8.39. The van der Waals surface area contributed by atoms with Crippen LogP contribution >= 0.6 is 0 Å². The Balaban J connectivity index is 0.0000000907. The van der Waals surface area contributed by atoms with Gasteiger partial charge in [-0.1, -0.05) is 147 Å². The third-order valence-corrected chi connectivity index (χ3v) is 23.3. The van der Waals surface area contributed by atoms with Gasteiger partial charge in [-0.25, -0.2) is 54.8 Å². The molecule has 23 nitrogen and oxygen atoms in total. The van der Waals surface area contributed by atoms with Crippen LogP contribution in [-0.2, 0) is 44.9 Å². The molecule has 116 heavy (non-hydrogen) atoms. The van der Waals surface area contributed by atoms with Crippen molar-refractivity contribution in [3.05, 3.63) is 343 Å². The van der Waals surface area contributed by atoms with E-state index in [4.69, 9.17) is 19.9 Å². The van der Waals surface area contributed by atoms with E-state index in [1.165, 1.54) is 61.9 Å². The van der Waals surface area contributed by atoms with Gasteiger partial charge in [0.15, 0.2) is 58.2 Å². The van der Waals surface area contributed by atoms with E-state index in [9.17, 15) is 0 Å². The van der Waals surface area contributed by atoms with E-state index < -0.39 is 0 Å². The Labute approximate surface area is 671 Å². The van der Waals surface area contributed by atoms with Crippen molar-refractivity contribution in [1.29, 1.82) is 0 Å². The highest BCUT2D eigenvalue weighted by Crippen LogP contribution is 2.57. The van der Waals surface area contributed by atoms with E-state index in [0.29, 0.717) is 0 Å². The topological polar surface area (TPSA) is 200 Å². The molecule has 23 heteroatoms. The number of benzene rings is 7. The number of nitrogens with zero attached hydrogens (tertiary/aromatic N) is 23. The molecule has 5 unspecified atom stereocenters. The van der Waals surface area contributed by atoms with E-state index >= 15 is 0 Å². The smallest absolute Gasteiger partial charge is 0.179 e. The molecule has 0 saturated carbocycles. The van der Waals surface area contributed by atoms with Crippen LogP contribution in [0, 0.1) is 13.8 Å². The first kappa shape index (κ1) is 69.3. The molecule has 5 atom stereocenters. The van der Waals surface area contributed by atoms with Gasteiger partial charge >= 0.3 is 0 Å². The molecular formula is C93H79N23.